The fourth-order valence-corrected chi connectivity index (χ4v) is 6.98. The summed E-state index contributed by atoms with van der Waals surface area (Å²) >= 11 is 1.22. The number of ether oxygens (including phenoxy) is 1. The van der Waals surface area contributed by atoms with Gasteiger partial charge in [0.2, 0.25) is 0 Å². The van der Waals surface area contributed by atoms with E-state index in [0.29, 0.717) is 44.3 Å². The summed E-state index contributed by atoms with van der Waals surface area (Å²) in [5.41, 5.74) is 4.39. The fraction of sp³-hybridized carbons (Fsp3) is 0.581. The first-order valence-electron chi connectivity index (χ1n) is 14.9. The molecular weight excluding hydrogens is 611 g/mol. The van der Waals surface area contributed by atoms with E-state index < -0.39 is 40.6 Å². The summed E-state index contributed by atoms with van der Waals surface area (Å²) in [5, 5.41) is 9.91. The van der Waals surface area contributed by atoms with Crippen LogP contribution < -0.4 is 16.4 Å². The van der Waals surface area contributed by atoms with Gasteiger partial charge in [-0.15, -0.1) is 0 Å². The van der Waals surface area contributed by atoms with E-state index in [0.717, 1.165) is 4.68 Å². The molecule has 0 bridgehead atoms. The van der Waals surface area contributed by atoms with Gasteiger partial charge in [-0.05, 0) is 62.1 Å². The van der Waals surface area contributed by atoms with E-state index in [2.05, 4.69) is 15.7 Å². The van der Waals surface area contributed by atoms with Gasteiger partial charge in [0.15, 0.2) is 16.6 Å². The highest BCUT2D eigenvalue weighted by atomic mass is 32.2. The summed E-state index contributed by atoms with van der Waals surface area (Å²) in [6.45, 7) is 9.38. The minimum Gasteiger partial charge on any atom is -0.446 e. The molecule has 10 nitrogen and oxygen atoms in total. The number of alkyl carbamates (subject to hydrolysis) is 1. The van der Waals surface area contributed by atoms with Crippen molar-refractivity contribution in [1.29, 1.82) is 0 Å². The maximum Gasteiger partial charge on any atom is 0.435 e. The standard InChI is InChI=1S/C31H40F3N5O5S/c1-17(40)45-30(4,5)12-13-36-28(43)44-20-9-6-18(7-10-20)37-22-14-19(8-11-21(22)27(35)42)39-23-15-29(2,3)16-24(41)25(23)26(38-39)31(32,33)34/h8,11,14,18,20,37H,6-7,9-10,12-13,15-16H2,1-5H3,(H2,35,42)(H,36,43)/t18-,20-. The number of nitrogens with zero attached hydrogens (tertiary/aromatic N) is 2. The number of nitrogens with two attached hydrogens (primary N) is 1. The number of anilines is 1. The summed E-state index contributed by atoms with van der Waals surface area (Å²) in [7, 11) is 0. The molecule has 2 aliphatic carbocycles. The lowest BCUT2D eigenvalue weighted by atomic mass is 9.75. The van der Waals surface area contributed by atoms with Crippen molar-refractivity contribution in [2.24, 2.45) is 11.1 Å². The van der Waals surface area contributed by atoms with Crippen molar-refractivity contribution >= 4 is 40.3 Å². The Labute approximate surface area is 264 Å². The zero-order chi connectivity index (χ0) is 33.3. The third-order valence-electron chi connectivity index (χ3n) is 8.05. The third-order valence-corrected chi connectivity index (χ3v) is 9.09. The van der Waals surface area contributed by atoms with Gasteiger partial charge in [-0.2, -0.15) is 18.3 Å². The van der Waals surface area contributed by atoms with E-state index in [1.54, 1.807) is 0 Å². The topological polar surface area (TPSA) is 145 Å². The summed E-state index contributed by atoms with van der Waals surface area (Å²) in [4.78, 5) is 48.8. The average Bonchev–Trinajstić information content (AvgIpc) is 3.28. The van der Waals surface area contributed by atoms with Crippen LogP contribution in [-0.2, 0) is 22.1 Å². The molecule has 0 aliphatic heterocycles. The Kier molecular flexibility index (Phi) is 9.96. The van der Waals surface area contributed by atoms with Crippen LogP contribution >= 0.6 is 11.8 Å². The number of primary amides is 1. The van der Waals surface area contributed by atoms with Crippen LogP contribution in [0.1, 0.15) is 105 Å². The van der Waals surface area contributed by atoms with E-state index >= 15 is 0 Å². The molecule has 4 N–H and O–H groups in total. The van der Waals surface area contributed by atoms with Crippen LogP contribution in [-0.4, -0.2) is 56.1 Å². The van der Waals surface area contributed by atoms with Crippen molar-refractivity contribution in [2.75, 3.05) is 11.9 Å². The monoisotopic (exact) mass is 651 g/mol. The Morgan fingerprint density at radius 3 is 2.40 bits per heavy atom. The van der Waals surface area contributed by atoms with Gasteiger partial charge >= 0.3 is 12.3 Å². The molecule has 246 valence electrons. The Balaban J connectivity index is 1.45. The zero-order valence-corrected chi connectivity index (χ0v) is 26.9. The first kappa shape index (κ1) is 34.3. The molecule has 2 aromatic rings. The SMILES string of the molecule is CC(=O)SC(C)(C)CCNC(=O)O[C@H]1CC[C@H](Nc2cc(-n3nc(C(F)(F)F)c4c3CC(C)(C)CC4=O)ccc2C(N)=O)CC1. The van der Waals surface area contributed by atoms with Crippen LogP contribution in [0.2, 0.25) is 0 Å². The number of fused-ring (bicyclic) bond motifs is 1. The number of amides is 2. The van der Waals surface area contributed by atoms with Gasteiger partial charge in [0.05, 0.1) is 22.5 Å². The molecule has 1 fully saturated rings. The number of rotatable bonds is 9. The lowest BCUT2D eigenvalue weighted by Gasteiger charge is -2.30. The number of nitrogens with one attached hydrogen (secondary N) is 2. The summed E-state index contributed by atoms with van der Waals surface area (Å²) in [6, 6.07) is 4.31. The van der Waals surface area contributed by atoms with Gasteiger partial charge in [0.1, 0.15) is 6.10 Å². The van der Waals surface area contributed by atoms with Crippen LogP contribution in [0.25, 0.3) is 5.69 Å². The highest BCUT2D eigenvalue weighted by Crippen LogP contribution is 2.42. The Hall–Kier alpha value is -3.55. The number of halogens is 3. The number of thioether (sulfide) groups is 1. The maximum absolute atomic E-state index is 13.9. The minimum absolute atomic E-state index is 0.0130. The van der Waals surface area contributed by atoms with Crippen molar-refractivity contribution in [3.8, 4) is 5.69 Å². The van der Waals surface area contributed by atoms with Crippen LogP contribution in [0.15, 0.2) is 18.2 Å². The van der Waals surface area contributed by atoms with Gasteiger partial charge < -0.3 is 21.1 Å². The molecule has 0 radical (unpaired) electrons. The highest BCUT2D eigenvalue weighted by molar-refractivity contribution is 8.14. The minimum atomic E-state index is -4.82. The number of hydrogen-bond acceptors (Lipinski definition) is 8. The lowest BCUT2D eigenvalue weighted by Crippen LogP contribution is -2.36. The molecule has 1 aromatic heterocycles. The van der Waals surface area contributed by atoms with Gasteiger partial charge in [-0.25, -0.2) is 9.48 Å². The van der Waals surface area contributed by atoms with Crippen molar-refractivity contribution in [3.63, 3.8) is 0 Å². The number of benzene rings is 1. The smallest absolute Gasteiger partial charge is 0.435 e. The molecule has 4 rings (SSSR count). The molecule has 2 amide bonds. The molecule has 0 saturated heterocycles. The van der Waals surface area contributed by atoms with Crippen molar-refractivity contribution in [1.82, 2.24) is 15.1 Å². The second kappa shape index (κ2) is 13.1. The maximum atomic E-state index is 13.9. The predicted molar refractivity (Wildman–Crippen MR) is 165 cm³/mol. The van der Waals surface area contributed by atoms with Crippen LogP contribution in [0.3, 0.4) is 0 Å². The molecule has 0 unspecified atom stereocenters. The average molecular weight is 652 g/mol. The van der Waals surface area contributed by atoms with Gasteiger partial charge in [-0.3, -0.25) is 14.4 Å². The molecule has 45 heavy (non-hydrogen) atoms. The molecule has 1 heterocycles. The molecular formula is C31H40F3N5O5S. The van der Waals surface area contributed by atoms with Crippen molar-refractivity contribution in [3.05, 3.63) is 40.7 Å². The molecule has 1 saturated carbocycles. The number of carbonyl (C=O) groups is 4. The van der Waals surface area contributed by atoms with Gasteiger partial charge in [-0.1, -0.05) is 39.5 Å². The normalized spacial score (nSPS) is 19.9. The van der Waals surface area contributed by atoms with Crippen molar-refractivity contribution < 1.29 is 37.1 Å². The summed E-state index contributed by atoms with van der Waals surface area (Å²) in [5.74, 6) is -1.31. The molecule has 0 spiro atoms. The highest BCUT2D eigenvalue weighted by Gasteiger charge is 2.45. The summed E-state index contributed by atoms with van der Waals surface area (Å²) < 4.78 is 48.2. The molecule has 0 atom stereocenters. The number of aromatic nitrogens is 2. The van der Waals surface area contributed by atoms with E-state index in [4.69, 9.17) is 10.5 Å². The fourth-order valence-electron chi connectivity index (χ4n) is 6.00. The Bertz CT molecular complexity index is 1480. The van der Waals surface area contributed by atoms with Gasteiger partial charge in [0, 0.05) is 36.4 Å². The third kappa shape index (κ3) is 8.59. The molecule has 1 aromatic carbocycles. The van der Waals surface area contributed by atoms with Crippen LogP contribution in [0.4, 0.5) is 23.7 Å². The van der Waals surface area contributed by atoms with E-state index in [-0.39, 0.29) is 51.8 Å². The second-order valence-corrected chi connectivity index (χ2v) is 15.1. The largest absolute Gasteiger partial charge is 0.446 e. The van der Waals surface area contributed by atoms with E-state index in [9.17, 15) is 32.3 Å². The predicted octanol–water partition coefficient (Wildman–Crippen LogP) is 6.04. The zero-order valence-electron chi connectivity index (χ0n) is 26.1. The van der Waals surface area contributed by atoms with E-state index in [1.165, 1.54) is 36.9 Å². The molecule has 2 aliphatic rings. The number of carbonyl (C=O) groups excluding carboxylic acids is 4. The van der Waals surface area contributed by atoms with Crippen molar-refractivity contribution in [2.45, 2.75) is 103 Å². The van der Waals surface area contributed by atoms with Crippen LogP contribution in [0.5, 0.6) is 0 Å². The number of Topliss-reactive ketones (excluding diaryl/α,β-unsaturated/α-hetero) is 1. The first-order valence-corrected chi connectivity index (χ1v) is 15.7. The van der Waals surface area contributed by atoms with E-state index in [1.807, 2.05) is 27.7 Å². The van der Waals surface area contributed by atoms with Gasteiger partial charge in [0.25, 0.3) is 5.91 Å². The number of alkyl halides is 3. The van der Waals surface area contributed by atoms with Crippen LogP contribution in [0, 0.1) is 5.41 Å². The molecule has 14 heteroatoms. The Morgan fingerprint density at radius 1 is 1.13 bits per heavy atom. The quantitative estimate of drug-likeness (QED) is 0.298. The first-order chi connectivity index (χ1) is 20.8. The number of hydrogen-bond donors (Lipinski definition) is 3. The second-order valence-electron chi connectivity index (χ2n) is 13.2. The Morgan fingerprint density at radius 2 is 1.80 bits per heavy atom. The number of ketones is 1. The summed E-state index contributed by atoms with van der Waals surface area (Å²) in [6.07, 6.45) is -2.55. The lowest BCUT2D eigenvalue weighted by molar-refractivity contribution is -0.141.